The highest BCUT2D eigenvalue weighted by atomic mass is 127. The zero-order chi connectivity index (χ0) is 20.2. The van der Waals surface area contributed by atoms with E-state index in [1.54, 1.807) is 7.11 Å². The second-order valence-electron chi connectivity index (χ2n) is 6.30. The third-order valence-electron chi connectivity index (χ3n) is 4.32. The van der Waals surface area contributed by atoms with Gasteiger partial charge in [0, 0.05) is 13.1 Å². The average Bonchev–Trinajstić information content (AvgIpc) is 2.74. The van der Waals surface area contributed by atoms with Crippen molar-refractivity contribution in [1.29, 1.82) is 0 Å². The standard InChI is InChI=1S/C22H30N4O2.HI/c1-4-18-8-6-7-9-19(18)15-25-22(23-5-2)26-16-21(27)24-14-17-10-12-20(28-3)13-11-17;/h6-13H,4-5,14-16H2,1-3H3,(H,24,27)(H2,23,25,26);1H. The molecule has 0 aliphatic heterocycles. The van der Waals surface area contributed by atoms with Crippen LogP contribution in [0.2, 0.25) is 0 Å². The topological polar surface area (TPSA) is 74.8 Å². The Morgan fingerprint density at radius 1 is 0.966 bits per heavy atom. The zero-order valence-electron chi connectivity index (χ0n) is 17.3. The first-order chi connectivity index (χ1) is 13.7. The van der Waals surface area contributed by atoms with Crippen molar-refractivity contribution < 1.29 is 9.53 Å². The second-order valence-corrected chi connectivity index (χ2v) is 6.30. The number of carbonyl (C=O) groups excluding carboxylic acids is 1. The van der Waals surface area contributed by atoms with Crippen molar-refractivity contribution in [2.45, 2.75) is 33.4 Å². The number of hydrogen-bond acceptors (Lipinski definition) is 3. The molecule has 0 heterocycles. The fourth-order valence-corrected chi connectivity index (χ4v) is 2.73. The number of amides is 1. The van der Waals surface area contributed by atoms with Gasteiger partial charge in [-0.1, -0.05) is 43.3 Å². The lowest BCUT2D eigenvalue weighted by Crippen LogP contribution is -2.43. The number of guanidine groups is 1. The number of hydrogen-bond donors (Lipinski definition) is 3. The van der Waals surface area contributed by atoms with Crippen LogP contribution in [0.25, 0.3) is 0 Å². The highest BCUT2D eigenvalue weighted by molar-refractivity contribution is 14.0. The largest absolute Gasteiger partial charge is 0.497 e. The number of carbonyl (C=O) groups is 1. The van der Waals surface area contributed by atoms with Crippen LogP contribution in [0, 0.1) is 0 Å². The van der Waals surface area contributed by atoms with E-state index in [1.165, 1.54) is 11.1 Å². The van der Waals surface area contributed by atoms with Crippen molar-refractivity contribution in [2.24, 2.45) is 4.99 Å². The van der Waals surface area contributed by atoms with Gasteiger partial charge in [-0.15, -0.1) is 24.0 Å². The Morgan fingerprint density at radius 2 is 1.66 bits per heavy atom. The van der Waals surface area contributed by atoms with Crippen molar-refractivity contribution >= 4 is 35.8 Å². The molecule has 0 aromatic heterocycles. The maximum Gasteiger partial charge on any atom is 0.239 e. The van der Waals surface area contributed by atoms with Crippen LogP contribution in [-0.4, -0.2) is 32.1 Å². The van der Waals surface area contributed by atoms with Crippen LogP contribution >= 0.6 is 24.0 Å². The van der Waals surface area contributed by atoms with E-state index in [0.29, 0.717) is 19.0 Å². The first-order valence-corrected chi connectivity index (χ1v) is 9.64. The molecule has 7 heteroatoms. The van der Waals surface area contributed by atoms with Gasteiger partial charge in [-0.05, 0) is 42.2 Å². The first kappa shape index (κ1) is 24.7. The summed E-state index contributed by atoms with van der Waals surface area (Å²) < 4.78 is 5.13. The Balaban J connectivity index is 0.00000420. The predicted octanol–water partition coefficient (Wildman–Crippen LogP) is 3.25. The molecular weight excluding hydrogens is 479 g/mol. The minimum absolute atomic E-state index is 0. The molecule has 2 aromatic rings. The lowest BCUT2D eigenvalue weighted by Gasteiger charge is -2.12. The number of halogens is 1. The molecular formula is C22H31IN4O2. The molecule has 0 unspecified atom stereocenters. The van der Waals surface area contributed by atoms with E-state index in [4.69, 9.17) is 4.74 Å². The molecule has 158 valence electrons. The summed E-state index contributed by atoms with van der Waals surface area (Å²) in [6.45, 7) is 6.08. The molecule has 0 atom stereocenters. The number of methoxy groups -OCH3 is 1. The number of ether oxygens (including phenoxy) is 1. The maximum atomic E-state index is 12.1. The van der Waals surface area contributed by atoms with Gasteiger partial charge in [0.2, 0.25) is 5.91 Å². The number of rotatable bonds is 9. The van der Waals surface area contributed by atoms with Crippen molar-refractivity contribution in [1.82, 2.24) is 16.0 Å². The zero-order valence-corrected chi connectivity index (χ0v) is 19.7. The van der Waals surface area contributed by atoms with Crippen molar-refractivity contribution in [3.05, 3.63) is 65.2 Å². The van der Waals surface area contributed by atoms with E-state index >= 15 is 0 Å². The van der Waals surface area contributed by atoms with E-state index in [-0.39, 0.29) is 36.4 Å². The summed E-state index contributed by atoms with van der Waals surface area (Å²) in [7, 11) is 1.63. The number of benzene rings is 2. The molecule has 0 aliphatic carbocycles. The summed E-state index contributed by atoms with van der Waals surface area (Å²) in [5, 5.41) is 9.17. The number of aliphatic imine (C=N–C) groups is 1. The fourth-order valence-electron chi connectivity index (χ4n) is 2.73. The third-order valence-corrected chi connectivity index (χ3v) is 4.32. The monoisotopic (exact) mass is 510 g/mol. The fraction of sp³-hybridized carbons (Fsp3) is 0.364. The van der Waals surface area contributed by atoms with Gasteiger partial charge in [0.1, 0.15) is 5.75 Å². The van der Waals surface area contributed by atoms with Crippen LogP contribution < -0.4 is 20.7 Å². The van der Waals surface area contributed by atoms with E-state index in [1.807, 2.05) is 43.3 Å². The van der Waals surface area contributed by atoms with E-state index in [9.17, 15) is 4.79 Å². The van der Waals surface area contributed by atoms with Gasteiger partial charge in [0.05, 0.1) is 20.2 Å². The number of nitrogens with zero attached hydrogens (tertiary/aromatic N) is 1. The SMILES string of the molecule is CCNC(=NCc1ccccc1CC)NCC(=O)NCc1ccc(OC)cc1.I. The molecule has 0 spiro atoms. The van der Waals surface area contributed by atoms with Crippen LogP contribution in [0.3, 0.4) is 0 Å². The quantitative estimate of drug-likeness (QED) is 0.275. The van der Waals surface area contributed by atoms with Gasteiger partial charge >= 0.3 is 0 Å². The Labute approximate surface area is 190 Å². The highest BCUT2D eigenvalue weighted by Gasteiger charge is 2.05. The predicted molar refractivity (Wildman–Crippen MR) is 129 cm³/mol. The Hall–Kier alpha value is -2.29. The summed E-state index contributed by atoms with van der Waals surface area (Å²) in [5.41, 5.74) is 3.51. The number of nitrogens with one attached hydrogen (secondary N) is 3. The van der Waals surface area contributed by atoms with Crippen LogP contribution in [0.4, 0.5) is 0 Å². The Bertz CT molecular complexity index is 779. The molecule has 0 aliphatic rings. The van der Waals surface area contributed by atoms with E-state index in [2.05, 4.69) is 40.0 Å². The van der Waals surface area contributed by atoms with Crippen molar-refractivity contribution in [2.75, 3.05) is 20.2 Å². The molecule has 0 fully saturated rings. The lowest BCUT2D eigenvalue weighted by atomic mass is 10.1. The van der Waals surface area contributed by atoms with Gasteiger partial charge in [0.15, 0.2) is 5.96 Å². The van der Waals surface area contributed by atoms with Gasteiger partial charge in [-0.25, -0.2) is 4.99 Å². The Kier molecular flexibility index (Phi) is 11.8. The summed E-state index contributed by atoms with van der Waals surface area (Å²) in [4.78, 5) is 16.7. The summed E-state index contributed by atoms with van der Waals surface area (Å²) >= 11 is 0. The van der Waals surface area contributed by atoms with Crippen molar-refractivity contribution in [3.63, 3.8) is 0 Å². The van der Waals surface area contributed by atoms with Gasteiger partial charge in [0.25, 0.3) is 0 Å². The average molecular weight is 510 g/mol. The molecule has 2 rings (SSSR count). The van der Waals surface area contributed by atoms with Crippen LogP contribution in [0.5, 0.6) is 5.75 Å². The molecule has 6 nitrogen and oxygen atoms in total. The second kappa shape index (κ2) is 13.8. The van der Waals surface area contributed by atoms with Gasteiger partial charge in [-0.3, -0.25) is 4.79 Å². The lowest BCUT2D eigenvalue weighted by molar-refractivity contribution is -0.120. The maximum absolute atomic E-state index is 12.1. The van der Waals surface area contributed by atoms with Gasteiger partial charge in [-0.2, -0.15) is 0 Å². The molecule has 2 aromatic carbocycles. The van der Waals surface area contributed by atoms with Crippen LogP contribution in [0.15, 0.2) is 53.5 Å². The highest BCUT2D eigenvalue weighted by Crippen LogP contribution is 2.11. The minimum atomic E-state index is -0.0876. The first-order valence-electron chi connectivity index (χ1n) is 9.64. The normalized spacial score (nSPS) is 10.7. The molecule has 29 heavy (non-hydrogen) atoms. The van der Waals surface area contributed by atoms with Gasteiger partial charge < -0.3 is 20.7 Å². The van der Waals surface area contributed by atoms with Crippen LogP contribution in [0.1, 0.15) is 30.5 Å². The van der Waals surface area contributed by atoms with E-state index < -0.39 is 0 Å². The third kappa shape index (κ3) is 8.72. The molecule has 0 radical (unpaired) electrons. The smallest absolute Gasteiger partial charge is 0.239 e. The number of aryl methyl sites for hydroxylation is 1. The molecule has 3 N–H and O–H groups in total. The minimum Gasteiger partial charge on any atom is -0.497 e. The molecule has 1 amide bonds. The van der Waals surface area contributed by atoms with Crippen LogP contribution in [-0.2, 0) is 24.3 Å². The van der Waals surface area contributed by atoms with E-state index in [0.717, 1.165) is 24.3 Å². The molecule has 0 saturated carbocycles. The summed E-state index contributed by atoms with van der Waals surface area (Å²) in [6, 6.07) is 15.9. The summed E-state index contributed by atoms with van der Waals surface area (Å²) in [5.74, 6) is 1.34. The molecule has 0 bridgehead atoms. The van der Waals surface area contributed by atoms with Crippen molar-refractivity contribution in [3.8, 4) is 5.75 Å². The Morgan fingerprint density at radius 3 is 2.28 bits per heavy atom. The summed E-state index contributed by atoms with van der Waals surface area (Å²) in [6.07, 6.45) is 0.976. The molecule has 0 saturated heterocycles.